The van der Waals surface area contributed by atoms with E-state index >= 15 is 0 Å². The summed E-state index contributed by atoms with van der Waals surface area (Å²) in [5, 5.41) is 5.48. The van der Waals surface area contributed by atoms with Crippen LogP contribution in [0.2, 0.25) is 0 Å². The van der Waals surface area contributed by atoms with Crippen molar-refractivity contribution in [2.24, 2.45) is 0 Å². The lowest BCUT2D eigenvalue weighted by atomic mass is 10.3. The Kier molecular flexibility index (Phi) is 3.69. The maximum Gasteiger partial charge on any atom is 0.194 e. The van der Waals surface area contributed by atoms with Crippen LogP contribution in [0.1, 0.15) is 30.7 Å². The zero-order valence-corrected chi connectivity index (χ0v) is 12.5. The minimum Gasteiger partial charge on any atom is -0.444 e. The van der Waals surface area contributed by atoms with Crippen LogP contribution in [0.15, 0.2) is 28.1 Å². The van der Waals surface area contributed by atoms with Crippen molar-refractivity contribution in [2.45, 2.75) is 33.2 Å². The lowest BCUT2D eigenvalue weighted by Gasteiger charge is -2.05. The Morgan fingerprint density at radius 2 is 2.25 bits per heavy atom. The zero-order valence-electron chi connectivity index (χ0n) is 11.6. The van der Waals surface area contributed by atoms with Gasteiger partial charge >= 0.3 is 0 Å². The number of aromatic nitrogens is 2. The average molecular weight is 287 g/mol. The zero-order chi connectivity index (χ0) is 13.9. The number of thiophene rings is 1. The number of nitrogens with one attached hydrogen (secondary N) is 1. The highest BCUT2D eigenvalue weighted by Gasteiger charge is 2.10. The second-order valence-corrected chi connectivity index (χ2v) is 5.63. The smallest absolute Gasteiger partial charge is 0.194 e. The summed E-state index contributed by atoms with van der Waals surface area (Å²) in [7, 11) is 0. The Balaban J connectivity index is 1.77. The SMILES string of the molecule is CCCc1nc(C)c(CNc2ccnc3ccsc23)o1. The predicted molar refractivity (Wildman–Crippen MR) is 82.2 cm³/mol. The maximum absolute atomic E-state index is 5.78. The standard InChI is InChI=1S/C15H17N3OS/c1-3-4-14-18-10(2)13(19-14)9-17-11-5-7-16-12-6-8-20-15(11)12/h5-8H,3-4,9H2,1-2H3,(H,16,17). The molecular weight excluding hydrogens is 270 g/mol. The lowest BCUT2D eigenvalue weighted by molar-refractivity contribution is 0.457. The quantitative estimate of drug-likeness (QED) is 0.765. The molecule has 0 radical (unpaired) electrons. The fourth-order valence-corrected chi connectivity index (χ4v) is 3.00. The number of fused-ring (bicyclic) bond motifs is 1. The number of hydrogen-bond acceptors (Lipinski definition) is 5. The molecule has 0 aliphatic rings. The average Bonchev–Trinajstić information content (AvgIpc) is 3.04. The van der Waals surface area contributed by atoms with Crippen LogP contribution in [-0.2, 0) is 13.0 Å². The topological polar surface area (TPSA) is 51.0 Å². The van der Waals surface area contributed by atoms with E-state index in [1.165, 1.54) is 4.70 Å². The normalized spacial score (nSPS) is 11.1. The summed E-state index contributed by atoms with van der Waals surface area (Å²) in [5.41, 5.74) is 3.09. The largest absolute Gasteiger partial charge is 0.444 e. The summed E-state index contributed by atoms with van der Waals surface area (Å²) >= 11 is 1.70. The van der Waals surface area contributed by atoms with Crippen molar-refractivity contribution in [1.29, 1.82) is 0 Å². The molecule has 20 heavy (non-hydrogen) atoms. The highest BCUT2D eigenvalue weighted by Crippen LogP contribution is 2.27. The van der Waals surface area contributed by atoms with E-state index in [9.17, 15) is 0 Å². The first-order valence-electron chi connectivity index (χ1n) is 6.79. The summed E-state index contributed by atoms with van der Waals surface area (Å²) in [6, 6.07) is 4.03. The van der Waals surface area contributed by atoms with Gasteiger partial charge in [0.05, 0.1) is 28.1 Å². The van der Waals surface area contributed by atoms with E-state index in [-0.39, 0.29) is 0 Å². The van der Waals surface area contributed by atoms with Gasteiger partial charge in [0.2, 0.25) is 0 Å². The van der Waals surface area contributed by atoms with Crippen LogP contribution in [0.5, 0.6) is 0 Å². The van der Waals surface area contributed by atoms with E-state index in [0.717, 1.165) is 41.4 Å². The molecule has 1 N–H and O–H groups in total. The molecule has 0 aliphatic carbocycles. The monoisotopic (exact) mass is 287 g/mol. The highest BCUT2D eigenvalue weighted by atomic mass is 32.1. The Morgan fingerprint density at radius 1 is 1.35 bits per heavy atom. The Morgan fingerprint density at radius 3 is 3.10 bits per heavy atom. The first-order chi connectivity index (χ1) is 9.78. The summed E-state index contributed by atoms with van der Waals surface area (Å²) in [4.78, 5) is 8.79. The number of aryl methyl sites for hydroxylation is 2. The molecule has 0 aliphatic heterocycles. The predicted octanol–water partition coefficient (Wildman–Crippen LogP) is 4.16. The van der Waals surface area contributed by atoms with Crippen molar-refractivity contribution in [3.63, 3.8) is 0 Å². The molecule has 0 fully saturated rings. The van der Waals surface area contributed by atoms with Gasteiger partial charge in [-0.1, -0.05) is 6.92 Å². The fraction of sp³-hybridized carbons (Fsp3) is 0.333. The van der Waals surface area contributed by atoms with Crippen LogP contribution < -0.4 is 5.32 Å². The molecular formula is C15H17N3OS. The number of oxazole rings is 1. The van der Waals surface area contributed by atoms with E-state index in [4.69, 9.17) is 4.42 Å². The van der Waals surface area contributed by atoms with Crippen LogP contribution >= 0.6 is 11.3 Å². The second-order valence-electron chi connectivity index (χ2n) is 4.71. The third kappa shape index (κ3) is 2.54. The van der Waals surface area contributed by atoms with Gasteiger partial charge in [0.15, 0.2) is 5.89 Å². The number of anilines is 1. The number of rotatable bonds is 5. The molecule has 0 atom stereocenters. The molecule has 0 aromatic carbocycles. The number of nitrogens with zero attached hydrogens (tertiary/aromatic N) is 2. The summed E-state index contributed by atoms with van der Waals surface area (Å²) in [6.45, 7) is 4.77. The molecule has 3 aromatic rings. The van der Waals surface area contributed by atoms with Gasteiger partial charge in [-0.05, 0) is 30.9 Å². The van der Waals surface area contributed by atoms with Crippen molar-refractivity contribution in [3.8, 4) is 0 Å². The van der Waals surface area contributed by atoms with Gasteiger partial charge in [0.1, 0.15) is 5.76 Å². The molecule has 0 unspecified atom stereocenters. The molecule has 3 rings (SSSR count). The summed E-state index contributed by atoms with van der Waals surface area (Å²) < 4.78 is 6.96. The third-order valence-corrected chi connectivity index (χ3v) is 4.12. The van der Waals surface area contributed by atoms with E-state index < -0.39 is 0 Å². The molecule has 3 aromatic heterocycles. The molecule has 3 heterocycles. The van der Waals surface area contributed by atoms with Crippen LogP contribution in [-0.4, -0.2) is 9.97 Å². The Bertz CT molecular complexity index is 717. The van der Waals surface area contributed by atoms with Gasteiger partial charge in [0, 0.05) is 12.6 Å². The molecule has 0 saturated carbocycles. The highest BCUT2D eigenvalue weighted by molar-refractivity contribution is 7.17. The van der Waals surface area contributed by atoms with Crippen molar-refractivity contribution in [2.75, 3.05) is 5.32 Å². The van der Waals surface area contributed by atoms with Crippen molar-refractivity contribution < 1.29 is 4.42 Å². The van der Waals surface area contributed by atoms with E-state index in [1.807, 2.05) is 25.3 Å². The van der Waals surface area contributed by atoms with Crippen LogP contribution in [0.3, 0.4) is 0 Å². The first-order valence-corrected chi connectivity index (χ1v) is 7.67. The number of hydrogen-bond donors (Lipinski definition) is 1. The van der Waals surface area contributed by atoms with Gasteiger partial charge in [-0.15, -0.1) is 11.3 Å². The van der Waals surface area contributed by atoms with Gasteiger partial charge < -0.3 is 9.73 Å². The van der Waals surface area contributed by atoms with Gasteiger partial charge in [0.25, 0.3) is 0 Å². The van der Waals surface area contributed by atoms with Gasteiger partial charge in [-0.2, -0.15) is 0 Å². The second kappa shape index (κ2) is 5.63. The molecule has 0 amide bonds. The Hall–Kier alpha value is -1.88. The van der Waals surface area contributed by atoms with Crippen LogP contribution in [0.4, 0.5) is 5.69 Å². The van der Waals surface area contributed by atoms with Crippen molar-refractivity contribution in [1.82, 2.24) is 9.97 Å². The molecule has 5 heteroatoms. The Labute approximate surface area is 121 Å². The molecule has 4 nitrogen and oxygen atoms in total. The summed E-state index contributed by atoms with van der Waals surface area (Å²) in [6.07, 6.45) is 3.77. The van der Waals surface area contributed by atoms with E-state index in [2.05, 4.69) is 27.6 Å². The van der Waals surface area contributed by atoms with E-state index in [0.29, 0.717) is 6.54 Å². The van der Waals surface area contributed by atoms with E-state index in [1.54, 1.807) is 11.3 Å². The van der Waals surface area contributed by atoms with Crippen molar-refractivity contribution >= 4 is 27.2 Å². The maximum atomic E-state index is 5.78. The van der Waals surface area contributed by atoms with Gasteiger partial charge in [-0.3, -0.25) is 4.98 Å². The molecule has 0 bridgehead atoms. The third-order valence-electron chi connectivity index (χ3n) is 3.18. The van der Waals surface area contributed by atoms with Crippen LogP contribution in [0.25, 0.3) is 10.2 Å². The summed E-state index contributed by atoms with van der Waals surface area (Å²) in [5.74, 6) is 1.74. The minimum absolute atomic E-state index is 0.652. The molecule has 104 valence electrons. The number of pyridine rings is 1. The minimum atomic E-state index is 0.652. The van der Waals surface area contributed by atoms with Crippen molar-refractivity contribution in [3.05, 3.63) is 41.1 Å². The van der Waals surface area contributed by atoms with Gasteiger partial charge in [-0.25, -0.2) is 4.98 Å². The van der Waals surface area contributed by atoms with Crippen LogP contribution in [0, 0.1) is 6.92 Å². The lowest BCUT2D eigenvalue weighted by Crippen LogP contribution is -2.00. The molecule has 0 spiro atoms. The fourth-order valence-electron chi connectivity index (χ4n) is 2.16. The first kappa shape index (κ1) is 13.1. The molecule has 0 saturated heterocycles.